The minimum atomic E-state index is -0.885. The predicted molar refractivity (Wildman–Crippen MR) is 81.9 cm³/mol. The molecule has 0 spiro atoms. The number of hydrogen-bond acceptors (Lipinski definition) is 2. The Labute approximate surface area is 126 Å². The summed E-state index contributed by atoms with van der Waals surface area (Å²) in [5.74, 6) is -1.43. The number of carboxylic acid groups (broad SMARTS) is 1. The number of amides is 2. The van der Waals surface area contributed by atoms with Gasteiger partial charge in [-0.05, 0) is 47.0 Å². The lowest BCUT2D eigenvalue weighted by atomic mass is 10.0. The van der Waals surface area contributed by atoms with Crippen molar-refractivity contribution in [1.82, 2.24) is 5.32 Å². The van der Waals surface area contributed by atoms with E-state index in [4.69, 9.17) is 5.11 Å². The second kappa shape index (κ2) is 7.89. The van der Waals surface area contributed by atoms with E-state index in [1.807, 2.05) is 26.0 Å². The van der Waals surface area contributed by atoms with Crippen LogP contribution in [0.1, 0.15) is 25.3 Å². The number of carbonyl (C=O) groups excluding carboxylic acids is 1. The molecule has 0 aliphatic heterocycles. The average Bonchev–Trinajstić information content (AvgIpc) is 2.37. The molecule has 0 radical (unpaired) electrons. The Hall–Kier alpha value is -1.56. The maximum absolute atomic E-state index is 11.7. The second-order valence-corrected chi connectivity index (χ2v) is 5.50. The highest BCUT2D eigenvalue weighted by Crippen LogP contribution is 2.23. The van der Waals surface area contributed by atoms with E-state index in [9.17, 15) is 9.59 Å². The summed E-state index contributed by atoms with van der Waals surface area (Å²) in [6, 6.07) is 5.17. The molecule has 0 saturated carbocycles. The standard InChI is InChI=1S/C14H19BrN2O3/c1-3-4-10(13(18)19)8-16-14(20)17-12-6-5-9(2)7-11(12)15/h5-7,10H,3-4,8H2,1-2H3,(H,18,19)(H2,16,17,20). The van der Waals surface area contributed by atoms with E-state index < -0.39 is 17.9 Å². The quantitative estimate of drug-likeness (QED) is 0.741. The maximum atomic E-state index is 11.7. The van der Waals surface area contributed by atoms with Crippen LogP contribution in [0.2, 0.25) is 0 Å². The first-order chi connectivity index (χ1) is 9.43. The van der Waals surface area contributed by atoms with Crippen LogP contribution >= 0.6 is 15.9 Å². The van der Waals surface area contributed by atoms with E-state index in [-0.39, 0.29) is 6.54 Å². The molecule has 0 saturated heterocycles. The molecular formula is C14H19BrN2O3. The molecule has 1 aromatic rings. The topological polar surface area (TPSA) is 78.4 Å². The third-order valence-electron chi connectivity index (χ3n) is 2.87. The van der Waals surface area contributed by atoms with Crippen LogP contribution in [0, 0.1) is 12.8 Å². The molecule has 0 aromatic heterocycles. The van der Waals surface area contributed by atoms with Crippen molar-refractivity contribution in [3.8, 4) is 0 Å². The van der Waals surface area contributed by atoms with Crippen molar-refractivity contribution in [2.45, 2.75) is 26.7 Å². The molecule has 1 unspecified atom stereocenters. The van der Waals surface area contributed by atoms with Crippen molar-refractivity contribution in [1.29, 1.82) is 0 Å². The zero-order valence-electron chi connectivity index (χ0n) is 11.6. The summed E-state index contributed by atoms with van der Waals surface area (Å²) >= 11 is 3.37. The predicted octanol–water partition coefficient (Wildman–Crippen LogP) is 3.38. The van der Waals surface area contributed by atoms with Crippen molar-refractivity contribution in [2.75, 3.05) is 11.9 Å². The Balaban J connectivity index is 2.53. The SMILES string of the molecule is CCCC(CNC(=O)Nc1ccc(C)cc1Br)C(=O)O. The van der Waals surface area contributed by atoms with Crippen molar-refractivity contribution in [3.63, 3.8) is 0 Å². The molecule has 1 atom stereocenters. The molecule has 2 amide bonds. The smallest absolute Gasteiger partial charge is 0.319 e. The van der Waals surface area contributed by atoms with Gasteiger partial charge in [0.2, 0.25) is 0 Å². The molecule has 20 heavy (non-hydrogen) atoms. The van der Waals surface area contributed by atoms with Gasteiger partial charge in [-0.3, -0.25) is 4.79 Å². The van der Waals surface area contributed by atoms with Crippen LogP contribution in [0.15, 0.2) is 22.7 Å². The summed E-state index contributed by atoms with van der Waals surface area (Å²) in [5, 5.41) is 14.3. The Morgan fingerprint density at radius 3 is 2.65 bits per heavy atom. The molecule has 6 heteroatoms. The summed E-state index contributed by atoms with van der Waals surface area (Å²) < 4.78 is 0.788. The van der Waals surface area contributed by atoms with E-state index >= 15 is 0 Å². The minimum absolute atomic E-state index is 0.123. The summed E-state index contributed by atoms with van der Waals surface area (Å²) in [6.07, 6.45) is 1.31. The molecule has 0 fully saturated rings. The summed E-state index contributed by atoms with van der Waals surface area (Å²) in [4.78, 5) is 22.7. The van der Waals surface area contributed by atoms with Crippen molar-refractivity contribution < 1.29 is 14.7 Å². The monoisotopic (exact) mass is 342 g/mol. The van der Waals surface area contributed by atoms with Gasteiger partial charge in [0.15, 0.2) is 0 Å². The van der Waals surface area contributed by atoms with Gasteiger partial charge in [0.25, 0.3) is 0 Å². The van der Waals surface area contributed by atoms with E-state index in [0.29, 0.717) is 12.1 Å². The molecule has 1 rings (SSSR count). The Morgan fingerprint density at radius 1 is 1.40 bits per heavy atom. The molecule has 3 N–H and O–H groups in total. The first-order valence-electron chi connectivity index (χ1n) is 6.47. The van der Waals surface area contributed by atoms with Crippen LogP contribution in [0.5, 0.6) is 0 Å². The van der Waals surface area contributed by atoms with Crippen LogP contribution in [0.4, 0.5) is 10.5 Å². The first kappa shape index (κ1) is 16.5. The Kier molecular flexibility index (Phi) is 6.51. The van der Waals surface area contributed by atoms with Gasteiger partial charge in [-0.25, -0.2) is 4.79 Å². The maximum Gasteiger partial charge on any atom is 0.319 e. The lowest BCUT2D eigenvalue weighted by Gasteiger charge is -2.13. The lowest BCUT2D eigenvalue weighted by Crippen LogP contribution is -2.35. The number of anilines is 1. The van der Waals surface area contributed by atoms with Gasteiger partial charge in [0.1, 0.15) is 0 Å². The number of benzene rings is 1. The van der Waals surface area contributed by atoms with Crippen molar-refractivity contribution >= 4 is 33.6 Å². The first-order valence-corrected chi connectivity index (χ1v) is 7.27. The molecule has 1 aromatic carbocycles. The Bertz CT molecular complexity index is 491. The number of aliphatic carboxylic acids is 1. The molecule has 5 nitrogen and oxygen atoms in total. The zero-order valence-corrected chi connectivity index (χ0v) is 13.2. The summed E-state index contributed by atoms with van der Waals surface area (Å²) in [6.45, 7) is 3.99. The number of urea groups is 1. The van der Waals surface area contributed by atoms with E-state index in [0.717, 1.165) is 16.5 Å². The number of hydrogen-bond donors (Lipinski definition) is 3. The molecule has 0 aliphatic rings. The van der Waals surface area contributed by atoms with Crippen molar-refractivity contribution in [2.24, 2.45) is 5.92 Å². The number of carbonyl (C=O) groups is 2. The molecule has 0 bridgehead atoms. The largest absolute Gasteiger partial charge is 0.481 e. The van der Waals surface area contributed by atoms with Gasteiger partial charge in [0.05, 0.1) is 11.6 Å². The highest BCUT2D eigenvalue weighted by molar-refractivity contribution is 9.10. The molecule has 110 valence electrons. The fourth-order valence-electron chi connectivity index (χ4n) is 1.77. The average molecular weight is 343 g/mol. The van der Waals surface area contributed by atoms with Gasteiger partial charge in [0, 0.05) is 11.0 Å². The fourth-order valence-corrected chi connectivity index (χ4v) is 2.36. The number of aryl methyl sites for hydroxylation is 1. The third-order valence-corrected chi connectivity index (χ3v) is 3.52. The summed E-state index contributed by atoms with van der Waals surface area (Å²) in [7, 11) is 0. The van der Waals surface area contributed by atoms with Gasteiger partial charge in [-0.1, -0.05) is 19.4 Å². The Morgan fingerprint density at radius 2 is 2.10 bits per heavy atom. The molecule has 0 heterocycles. The van der Waals surface area contributed by atoms with E-state index in [1.54, 1.807) is 6.07 Å². The minimum Gasteiger partial charge on any atom is -0.481 e. The van der Waals surface area contributed by atoms with Gasteiger partial charge in [-0.15, -0.1) is 0 Å². The number of halogens is 1. The van der Waals surface area contributed by atoms with Crippen molar-refractivity contribution in [3.05, 3.63) is 28.2 Å². The number of carboxylic acids is 1. The third kappa shape index (κ3) is 5.21. The van der Waals surface area contributed by atoms with Gasteiger partial charge in [-0.2, -0.15) is 0 Å². The van der Waals surface area contributed by atoms with Crippen LogP contribution in [-0.4, -0.2) is 23.7 Å². The van der Waals surface area contributed by atoms with E-state index in [2.05, 4.69) is 26.6 Å². The second-order valence-electron chi connectivity index (χ2n) is 4.64. The fraction of sp³-hybridized carbons (Fsp3) is 0.429. The highest BCUT2D eigenvalue weighted by Gasteiger charge is 2.17. The number of rotatable bonds is 6. The molecule has 0 aliphatic carbocycles. The number of nitrogens with one attached hydrogen (secondary N) is 2. The van der Waals surface area contributed by atoms with E-state index in [1.165, 1.54) is 0 Å². The van der Waals surface area contributed by atoms with Crippen LogP contribution in [-0.2, 0) is 4.79 Å². The molecular weight excluding hydrogens is 324 g/mol. The van der Waals surface area contributed by atoms with Crippen LogP contribution in [0.25, 0.3) is 0 Å². The zero-order chi connectivity index (χ0) is 15.1. The van der Waals surface area contributed by atoms with Gasteiger partial charge >= 0.3 is 12.0 Å². The highest BCUT2D eigenvalue weighted by atomic mass is 79.9. The lowest BCUT2D eigenvalue weighted by molar-refractivity contribution is -0.141. The summed E-state index contributed by atoms with van der Waals surface area (Å²) in [5.41, 5.74) is 1.73. The van der Waals surface area contributed by atoms with Crippen LogP contribution < -0.4 is 10.6 Å². The van der Waals surface area contributed by atoms with Gasteiger partial charge < -0.3 is 15.7 Å². The normalized spacial score (nSPS) is 11.8. The van der Waals surface area contributed by atoms with Crippen LogP contribution in [0.3, 0.4) is 0 Å².